The van der Waals surface area contributed by atoms with E-state index in [-0.39, 0.29) is 17.2 Å². The SMILES string of the molecule is CC(=O)Nc1ccc(N2C(=O)C(=O)/C(=C(\O)c3ccc4ccccc4c3)C2c2ccco2)cc1. The van der Waals surface area contributed by atoms with Gasteiger partial charge in [0.25, 0.3) is 11.7 Å². The standard InChI is InChI=1S/C27H20N2O5/c1-16(30)28-20-10-12-21(13-11-20)29-24(22-7-4-14-34-22)23(26(32)27(29)33)25(31)19-9-8-17-5-2-3-6-18(17)15-19/h2-15,24,31H,1H3,(H,28,30)/b25-23-. The molecule has 1 aliphatic heterocycles. The van der Waals surface area contributed by atoms with Gasteiger partial charge in [0.2, 0.25) is 5.91 Å². The zero-order valence-corrected chi connectivity index (χ0v) is 18.2. The van der Waals surface area contributed by atoms with Crippen LogP contribution in [0.15, 0.2) is 95.1 Å². The monoisotopic (exact) mass is 452 g/mol. The third kappa shape index (κ3) is 3.63. The van der Waals surface area contributed by atoms with Crippen LogP contribution in [0.2, 0.25) is 0 Å². The lowest BCUT2D eigenvalue weighted by molar-refractivity contribution is -0.132. The zero-order valence-electron chi connectivity index (χ0n) is 18.2. The molecule has 0 spiro atoms. The molecular formula is C27H20N2O5. The van der Waals surface area contributed by atoms with E-state index in [0.29, 0.717) is 22.7 Å². The van der Waals surface area contributed by atoms with Crippen molar-refractivity contribution in [2.75, 3.05) is 10.2 Å². The van der Waals surface area contributed by atoms with Gasteiger partial charge in [-0.25, -0.2) is 0 Å². The number of nitrogens with one attached hydrogen (secondary N) is 1. The summed E-state index contributed by atoms with van der Waals surface area (Å²) < 4.78 is 5.58. The second-order valence-electron chi connectivity index (χ2n) is 7.97. The van der Waals surface area contributed by atoms with E-state index in [1.807, 2.05) is 30.3 Å². The summed E-state index contributed by atoms with van der Waals surface area (Å²) in [6.45, 7) is 1.40. The Labute approximate surface area is 194 Å². The van der Waals surface area contributed by atoms with E-state index < -0.39 is 17.7 Å². The summed E-state index contributed by atoms with van der Waals surface area (Å²) in [7, 11) is 0. The number of rotatable bonds is 4. The summed E-state index contributed by atoms with van der Waals surface area (Å²) in [6, 6.07) is 21.9. The maximum absolute atomic E-state index is 13.2. The van der Waals surface area contributed by atoms with E-state index in [4.69, 9.17) is 4.42 Å². The molecule has 1 unspecified atom stereocenters. The second kappa shape index (κ2) is 8.37. The number of carbonyl (C=O) groups is 3. The zero-order chi connectivity index (χ0) is 23.8. The van der Waals surface area contributed by atoms with Crippen molar-refractivity contribution in [3.05, 3.63) is 102 Å². The summed E-state index contributed by atoms with van der Waals surface area (Å²) in [6.07, 6.45) is 1.45. The Bertz CT molecular complexity index is 1450. The van der Waals surface area contributed by atoms with Crippen LogP contribution >= 0.6 is 0 Å². The largest absolute Gasteiger partial charge is 0.507 e. The van der Waals surface area contributed by atoms with Crippen LogP contribution in [0.1, 0.15) is 24.3 Å². The predicted molar refractivity (Wildman–Crippen MR) is 128 cm³/mol. The predicted octanol–water partition coefficient (Wildman–Crippen LogP) is 5.02. The number of fused-ring (bicyclic) bond motifs is 1. The van der Waals surface area contributed by atoms with Crippen LogP contribution in [-0.4, -0.2) is 22.7 Å². The van der Waals surface area contributed by atoms with E-state index >= 15 is 0 Å². The van der Waals surface area contributed by atoms with Crippen molar-refractivity contribution in [1.82, 2.24) is 0 Å². The first-order valence-corrected chi connectivity index (χ1v) is 10.7. The molecule has 0 aliphatic carbocycles. The maximum Gasteiger partial charge on any atom is 0.300 e. The number of aliphatic hydroxyl groups excluding tert-OH is 1. The summed E-state index contributed by atoms with van der Waals surface area (Å²) in [5.74, 6) is -1.75. The molecule has 1 aliphatic rings. The number of nitrogens with zero attached hydrogens (tertiary/aromatic N) is 1. The fourth-order valence-corrected chi connectivity index (χ4v) is 4.22. The van der Waals surface area contributed by atoms with Gasteiger partial charge >= 0.3 is 0 Å². The van der Waals surface area contributed by atoms with Crippen molar-refractivity contribution in [1.29, 1.82) is 0 Å². The van der Waals surface area contributed by atoms with Crippen LogP contribution in [0.4, 0.5) is 11.4 Å². The van der Waals surface area contributed by atoms with Gasteiger partial charge in [0, 0.05) is 23.9 Å². The summed E-state index contributed by atoms with van der Waals surface area (Å²) in [5.41, 5.74) is 1.35. The smallest absolute Gasteiger partial charge is 0.300 e. The quantitative estimate of drug-likeness (QED) is 0.257. The topological polar surface area (TPSA) is 99.9 Å². The average molecular weight is 452 g/mol. The molecule has 0 bridgehead atoms. The number of aliphatic hydroxyl groups is 1. The Balaban J connectivity index is 1.64. The van der Waals surface area contributed by atoms with E-state index in [2.05, 4.69) is 5.32 Å². The van der Waals surface area contributed by atoms with Crippen LogP contribution in [0.25, 0.3) is 16.5 Å². The molecule has 7 heteroatoms. The molecule has 1 fully saturated rings. The molecule has 2 amide bonds. The minimum Gasteiger partial charge on any atom is -0.507 e. The highest BCUT2D eigenvalue weighted by molar-refractivity contribution is 6.51. The first-order chi connectivity index (χ1) is 16.4. The number of Topliss-reactive ketones (excluding diaryl/α,β-unsaturated/α-hetero) is 1. The molecule has 4 aromatic rings. The Hall–Kier alpha value is -4.65. The third-order valence-corrected chi connectivity index (χ3v) is 5.75. The Morgan fingerprint density at radius 2 is 1.68 bits per heavy atom. The van der Waals surface area contributed by atoms with Gasteiger partial charge in [-0.2, -0.15) is 0 Å². The van der Waals surface area contributed by atoms with Gasteiger partial charge < -0.3 is 14.8 Å². The number of hydrogen-bond acceptors (Lipinski definition) is 5. The summed E-state index contributed by atoms with van der Waals surface area (Å²) in [4.78, 5) is 39.0. The van der Waals surface area contributed by atoms with Crippen LogP contribution in [0.5, 0.6) is 0 Å². The molecule has 1 saturated heterocycles. The van der Waals surface area contributed by atoms with Crippen LogP contribution in [0, 0.1) is 0 Å². The molecule has 7 nitrogen and oxygen atoms in total. The second-order valence-corrected chi connectivity index (χ2v) is 7.97. The Morgan fingerprint density at radius 3 is 2.35 bits per heavy atom. The number of furan rings is 1. The number of benzene rings is 3. The van der Waals surface area contributed by atoms with Gasteiger partial charge in [0.1, 0.15) is 17.6 Å². The lowest BCUT2D eigenvalue weighted by atomic mass is 9.97. The van der Waals surface area contributed by atoms with Crippen LogP contribution in [-0.2, 0) is 14.4 Å². The number of hydrogen-bond donors (Lipinski definition) is 2. The summed E-state index contributed by atoms with van der Waals surface area (Å²) in [5, 5.41) is 15.8. The molecule has 0 saturated carbocycles. The Morgan fingerprint density at radius 1 is 0.941 bits per heavy atom. The van der Waals surface area contributed by atoms with Gasteiger partial charge in [-0.05, 0) is 53.2 Å². The fraction of sp³-hybridized carbons (Fsp3) is 0.0741. The number of ketones is 1. The van der Waals surface area contributed by atoms with Crippen LogP contribution in [0.3, 0.4) is 0 Å². The molecule has 5 rings (SSSR count). The van der Waals surface area contributed by atoms with Gasteiger partial charge in [-0.15, -0.1) is 0 Å². The van der Waals surface area contributed by atoms with Gasteiger partial charge in [0.05, 0.1) is 11.8 Å². The van der Waals surface area contributed by atoms with E-state index in [1.54, 1.807) is 48.5 Å². The third-order valence-electron chi connectivity index (χ3n) is 5.75. The highest BCUT2D eigenvalue weighted by Crippen LogP contribution is 2.42. The first kappa shape index (κ1) is 21.2. The minimum atomic E-state index is -0.951. The van der Waals surface area contributed by atoms with E-state index in [0.717, 1.165) is 10.8 Å². The number of anilines is 2. The van der Waals surface area contributed by atoms with Gasteiger partial charge in [0.15, 0.2) is 0 Å². The van der Waals surface area contributed by atoms with Crippen molar-refractivity contribution >= 4 is 45.5 Å². The molecule has 34 heavy (non-hydrogen) atoms. The fourth-order valence-electron chi connectivity index (χ4n) is 4.22. The number of carbonyl (C=O) groups excluding carboxylic acids is 3. The van der Waals surface area contributed by atoms with Crippen molar-refractivity contribution in [2.45, 2.75) is 13.0 Å². The lowest BCUT2D eigenvalue weighted by Crippen LogP contribution is -2.29. The lowest BCUT2D eigenvalue weighted by Gasteiger charge is -2.23. The van der Waals surface area contributed by atoms with Crippen LogP contribution < -0.4 is 10.2 Å². The molecular weight excluding hydrogens is 432 g/mol. The molecule has 2 heterocycles. The van der Waals surface area contributed by atoms with E-state index in [9.17, 15) is 19.5 Å². The molecule has 1 atom stereocenters. The first-order valence-electron chi connectivity index (χ1n) is 10.7. The highest BCUT2D eigenvalue weighted by atomic mass is 16.3. The maximum atomic E-state index is 13.2. The van der Waals surface area contributed by atoms with Crippen molar-refractivity contribution in [3.63, 3.8) is 0 Å². The molecule has 2 N–H and O–H groups in total. The Kier molecular flexibility index (Phi) is 5.22. The van der Waals surface area contributed by atoms with Gasteiger partial charge in [-0.1, -0.05) is 36.4 Å². The highest BCUT2D eigenvalue weighted by Gasteiger charge is 2.48. The minimum absolute atomic E-state index is 0.0545. The number of amides is 2. The average Bonchev–Trinajstić information content (AvgIpc) is 3.45. The van der Waals surface area contributed by atoms with Crippen molar-refractivity contribution < 1.29 is 23.9 Å². The van der Waals surface area contributed by atoms with Crippen molar-refractivity contribution in [3.8, 4) is 0 Å². The normalized spacial score (nSPS) is 17.3. The van der Waals surface area contributed by atoms with Crippen molar-refractivity contribution in [2.24, 2.45) is 0 Å². The molecule has 0 radical (unpaired) electrons. The summed E-state index contributed by atoms with van der Waals surface area (Å²) >= 11 is 0. The van der Waals surface area contributed by atoms with E-state index in [1.165, 1.54) is 18.1 Å². The molecule has 1 aromatic heterocycles. The molecule has 168 valence electrons. The molecule has 3 aromatic carbocycles. The van der Waals surface area contributed by atoms with Gasteiger partial charge in [-0.3, -0.25) is 19.3 Å².